The molecule has 0 saturated carbocycles. The van der Waals surface area contributed by atoms with Crippen LogP contribution in [0.1, 0.15) is 36.2 Å². The number of hydrogen-bond acceptors (Lipinski definition) is 4. The molecule has 2 rings (SSSR count). The standard InChI is InChI=1S/C21H26N2O4/c1-5-15(3)22-21(25)16-7-6-8-17(12-16)23-20(24)13-27-18-10-9-14(2)11-19(18)26-4/h6-12,15H,5,13H2,1-4H3,(H,22,25)(H,23,24). The van der Waals surface area contributed by atoms with Crippen LogP contribution in [0, 0.1) is 6.92 Å². The van der Waals surface area contributed by atoms with E-state index in [-0.39, 0.29) is 24.5 Å². The summed E-state index contributed by atoms with van der Waals surface area (Å²) in [4.78, 5) is 24.4. The number of nitrogens with one attached hydrogen (secondary N) is 2. The van der Waals surface area contributed by atoms with E-state index in [1.165, 1.54) is 0 Å². The highest BCUT2D eigenvalue weighted by Crippen LogP contribution is 2.27. The molecule has 144 valence electrons. The lowest BCUT2D eigenvalue weighted by molar-refractivity contribution is -0.118. The minimum absolute atomic E-state index is 0.0913. The molecule has 0 aliphatic heterocycles. The Morgan fingerprint density at radius 1 is 1.11 bits per heavy atom. The SMILES string of the molecule is CCC(C)NC(=O)c1cccc(NC(=O)COc2ccc(C)cc2OC)c1. The van der Waals surface area contributed by atoms with Crippen LogP contribution in [0.25, 0.3) is 0 Å². The molecule has 0 aliphatic carbocycles. The molecular weight excluding hydrogens is 344 g/mol. The van der Waals surface area contributed by atoms with E-state index in [4.69, 9.17) is 9.47 Å². The quantitative estimate of drug-likeness (QED) is 0.745. The van der Waals surface area contributed by atoms with Gasteiger partial charge >= 0.3 is 0 Å². The van der Waals surface area contributed by atoms with Gasteiger partial charge in [-0.1, -0.05) is 19.1 Å². The second kappa shape index (κ2) is 9.62. The fourth-order valence-electron chi connectivity index (χ4n) is 2.38. The Kier molecular flexibility index (Phi) is 7.23. The van der Waals surface area contributed by atoms with E-state index in [9.17, 15) is 9.59 Å². The van der Waals surface area contributed by atoms with Crippen LogP contribution in [-0.2, 0) is 4.79 Å². The molecule has 0 aliphatic rings. The van der Waals surface area contributed by atoms with Crippen LogP contribution in [0.5, 0.6) is 11.5 Å². The van der Waals surface area contributed by atoms with Crippen LogP contribution in [0.15, 0.2) is 42.5 Å². The average molecular weight is 370 g/mol. The molecule has 0 aromatic heterocycles. The Morgan fingerprint density at radius 2 is 1.89 bits per heavy atom. The van der Waals surface area contributed by atoms with Gasteiger partial charge in [-0.25, -0.2) is 0 Å². The number of aryl methyl sites for hydroxylation is 1. The monoisotopic (exact) mass is 370 g/mol. The molecule has 6 heteroatoms. The number of anilines is 1. The van der Waals surface area contributed by atoms with E-state index >= 15 is 0 Å². The largest absolute Gasteiger partial charge is 0.493 e. The van der Waals surface area contributed by atoms with Gasteiger partial charge in [0.1, 0.15) is 0 Å². The van der Waals surface area contributed by atoms with E-state index in [0.717, 1.165) is 12.0 Å². The molecule has 0 saturated heterocycles. The molecule has 2 amide bonds. The van der Waals surface area contributed by atoms with Gasteiger partial charge in [0.15, 0.2) is 18.1 Å². The summed E-state index contributed by atoms with van der Waals surface area (Å²) in [7, 11) is 1.55. The highest BCUT2D eigenvalue weighted by molar-refractivity contribution is 5.97. The number of carbonyl (C=O) groups excluding carboxylic acids is 2. The third-order valence-corrected chi connectivity index (χ3v) is 4.08. The van der Waals surface area contributed by atoms with Gasteiger partial charge in [0.05, 0.1) is 7.11 Å². The van der Waals surface area contributed by atoms with Gasteiger partial charge in [-0.3, -0.25) is 9.59 Å². The molecule has 27 heavy (non-hydrogen) atoms. The van der Waals surface area contributed by atoms with Crippen LogP contribution >= 0.6 is 0 Å². The summed E-state index contributed by atoms with van der Waals surface area (Å²) in [5, 5.41) is 5.64. The van der Waals surface area contributed by atoms with Gasteiger partial charge in [-0.15, -0.1) is 0 Å². The fourth-order valence-corrected chi connectivity index (χ4v) is 2.38. The molecule has 2 aromatic rings. The first-order valence-corrected chi connectivity index (χ1v) is 8.91. The summed E-state index contributed by atoms with van der Waals surface area (Å²) in [6, 6.07) is 12.4. The van der Waals surface area contributed by atoms with Crippen molar-refractivity contribution in [2.45, 2.75) is 33.2 Å². The van der Waals surface area contributed by atoms with Crippen molar-refractivity contribution in [3.8, 4) is 11.5 Å². The summed E-state index contributed by atoms with van der Waals surface area (Å²) >= 11 is 0. The topological polar surface area (TPSA) is 76.7 Å². The molecule has 0 bridgehead atoms. The molecule has 0 fully saturated rings. The molecule has 0 heterocycles. The lowest BCUT2D eigenvalue weighted by Crippen LogP contribution is -2.32. The third kappa shape index (κ3) is 6.02. The van der Waals surface area contributed by atoms with E-state index in [0.29, 0.717) is 22.7 Å². The van der Waals surface area contributed by atoms with Gasteiger partial charge in [-0.05, 0) is 56.2 Å². The van der Waals surface area contributed by atoms with Crippen molar-refractivity contribution in [2.75, 3.05) is 19.0 Å². The van der Waals surface area contributed by atoms with Crippen molar-refractivity contribution >= 4 is 17.5 Å². The summed E-state index contributed by atoms with van der Waals surface area (Å²) in [5.74, 6) is 0.588. The second-order valence-electron chi connectivity index (χ2n) is 6.35. The van der Waals surface area contributed by atoms with Crippen molar-refractivity contribution < 1.29 is 19.1 Å². The first-order chi connectivity index (χ1) is 12.9. The molecular formula is C21H26N2O4. The summed E-state index contributed by atoms with van der Waals surface area (Å²) in [5.41, 5.74) is 2.07. The Bertz CT molecular complexity index is 805. The highest BCUT2D eigenvalue weighted by atomic mass is 16.5. The number of hydrogen-bond donors (Lipinski definition) is 2. The van der Waals surface area contributed by atoms with Crippen LogP contribution in [0.3, 0.4) is 0 Å². The number of methoxy groups -OCH3 is 1. The summed E-state index contributed by atoms with van der Waals surface area (Å²) < 4.78 is 10.8. The van der Waals surface area contributed by atoms with E-state index in [1.54, 1.807) is 37.4 Å². The third-order valence-electron chi connectivity index (χ3n) is 4.08. The maximum atomic E-state index is 12.2. The summed E-state index contributed by atoms with van der Waals surface area (Å²) in [6.45, 7) is 5.73. The molecule has 0 spiro atoms. The number of carbonyl (C=O) groups is 2. The smallest absolute Gasteiger partial charge is 0.262 e. The first kappa shape index (κ1) is 20.3. The molecule has 1 unspecified atom stereocenters. The van der Waals surface area contributed by atoms with Crippen molar-refractivity contribution in [3.05, 3.63) is 53.6 Å². The lowest BCUT2D eigenvalue weighted by atomic mass is 10.1. The number of benzene rings is 2. The minimum Gasteiger partial charge on any atom is -0.493 e. The van der Waals surface area contributed by atoms with Crippen molar-refractivity contribution in [2.24, 2.45) is 0 Å². The van der Waals surface area contributed by atoms with E-state index < -0.39 is 0 Å². The Hall–Kier alpha value is -3.02. The number of rotatable bonds is 8. The van der Waals surface area contributed by atoms with E-state index in [2.05, 4.69) is 10.6 Å². The summed E-state index contributed by atoms with van der Waals surface area (Å²) in [6.07, 6.45) is 0.849. The Labute approximate surface area is 159 Å². The Morgan fingerprint density at radius 3 is 2.59 bits per heavy atom. The molecule has 6 nitrogen and oxygen atoms in total. The number of ether oxygens (including phenoxy) is 2. The van der Waals surface area contributed by atoms with Crippen molar-refractivity contribution in [1.29, 1.82) is 0 Å². The Balaban J connectivity index is 1.96. The predicted octanol–water partition coefficient (Wildman–Crippen LogP) is 3.55. The maximum absolute atomic E-state index is 12.2. The zero-order valence-corrected chi connectivity index (χ0v) is 16.2. The van der Waals surface area contributed by atoms with Crippen molar-refractivity contribution in [1.82, 2.24) is 5.32 Å². The van der Waals surface area contributed by atoms with Crippen LogP contribution < -0.4 is 20.1 Å². The molecule has 2 aromatic carbocycles. The minimum atomic E-state index is -0.322. The predicted molar refractivity (Wildman–Crippen MR) is 106 cm³/mol. The van der Waals surface area contributed by atoms with Crippen molar-refractivity contribution in [3.63, 3.8) is 0 Å². The van der Waals surface area contributed by atoms with Crippen LogP contribution in [0.2, 0.25) is 0 Å². The highest BCUT2D eigenvalue weighted by Gasteiger charge is 2.11. The van der Waals surface area contributed by atoms with Gasteiger partial charge in [0.25, 0.3) is 11.8 Å². The molecule has 2 N–H and O–H groups in total. The fraction of sp³-hybridized carbons (Fsp3) is 0.333. The van der Waals surface area contributed by atoms with Crippen LogP contribution in [0.4, 0.5) is 5.69 Å². The van der Waals surface area contributed by atoms with Gasteiger partial charge in [0.2, 0.25) is 0 Å². The first-order valence-electron chi connectivity index (χ1n) is 8.91. The zero-order chi connectivity index (χ0) is 19.8. The average Bonchev–Trinajstić information content (AvgIpc) is 2.66. The number of amides is 2. The zero-order valence-electron chi connectivity index (χ0n) is 16.2. The van der Waals surface area contributed by atoms with Crippen LogP contribution in [-0.4, -0.2) is 31.6 Å². The lowest BCUT2D eigenvalue weighted by Gasteiger charge is -2.13. The van der Waals surface area contributed by atoms with Gasteiger partial charge in [-0.2, -0.15) is 0 Å². The van der Waals surface area contributed by atoms with Gasteiger partial charge in [0, 0.05) is 17.3 Å². The van der Waals surface area contributed by atoms with Gasteiger partial charge < -0.3 is 20.1 Å². The maximum Gasteiger partial charge on any atom is 0.262 e. The van der Waals surface area contributed by atoms with E-state index in [1.807, 2.05) is 32.9 Å². The molecule has 1 atom stereocenters. The second-order valence-corrected chi connectivity index (χ2v) is 6.35. The normalized spacial score (nSPS) is 11.4. The molecule has 0 radical (unpaired) electrons.